The van der Waals surface area contributed by atoms with Gasteiger partial charge in [0.2, 0.25) is 0 Å². The Morgan fingerprint density at radius 3 is 2.54 bits per heavy atom. The molecule has 0 aliphatic carbocycles. The molecule has 2 heterocycles. The van der Waals surface area contributed by atoms with Gasteiger partial charge >= 0.3 is 0 Å². The molecule has 28 heavy (non-hydrogen) atoms. The van der Waals surface area contributed by atoms with Crippen LogP contribution in [0.2, 0.25) is 5.02 Å². The van der Waals surface area contributed by atoms with Crippen LogP contribution in [0.1, 0.15) is 59.1 Å². The minimum absolute atomic E-state index is 0.0877. The lowest BCUT2D eigenvalue weighted by Gasteiger charge is -2.43. The zero-order valence-corrected chi connectivity index (χ0v) is 18.9. The molecule has 0 radical (unpaired) electrons. The number of allylic oxidation sites excluding steroid dienone is 1. The fourth-order valence-electron chi connectivity index (χ4n) is 3.99. The smallest absolute Gasteiger partial charge is 0.293 e. The van der Waals surface area contributed by atoms with Crippen molar-refractivity contribution in [3.8, 4) is 0 Å². The van der Waals surface area contributed by atoms with Crippen molar-refractivity contribution in [3.63, 3.8) is 0 Å². The number of benzene rings is 1. The van der Waals surface area contributed by atoms with Gasteiger partial charge in [0, 0.05) is 28.9 Å². The summed E-state index contributed by atoms with van der Waals surface area (Å²) in [6, 6.07) is 3.89. The number of halogens is 1. The van der Waals surface area contributed by atoms with Crippen molar-refractivity contribution in [2.24, 2.45) is 0 Å². The number of likely N-dealkylation sites (N-methyl/N-ethyl adjacent to an activating group) is 1. The summed E-state index contributed by atoms with van der Waals surface area (Å²) in [5.74, 6) is -0.235. The number of carbonyl (C=O) groups is 2. The molecule has 1 aromatic carbocycles. The number of anilines is 1. The van der Waals surface area contributed by atoms with Gasteiger partial charge < -0.3 is 4.90 Å². The third-order valence-electron chi connectivity index (χ3n) is 5.55. The van der Waals surface area contributed by atoms with E-state index in [1.165, 1.54) is 10.5 Å². The molecule has 6 heteroatoms. The fourth-order valence-corrected chi connectivity index (χ4v) is 5.12. The number of rotatable bonds is 4. The second-order valence-corrected chi connectivity index (χ2v) is 9.33. The van der Waals surface area contributed by atoms with Gasteiger partial charge in [-0.1, -0.05) is 24.6 Å². The quantitative estimate of drug-likeness (QED) is 0.546. The Hall–Kier alpha value is -1.72. The lowest BCUT2D eigenvalue weighted by molar-refractivity contribution is -0.124. The largest absolute Gasteiger partial charge is 0.363 e. The first-order valence-electron chi connectivity index (χ1n) is 9.68. The van der Waals surface area contributed by atoms with E-state index in [2.05, 4.69) is 38.7 Å². The minimum Gasteiger partial charge on any atom is -0.363 e. The predicted octanol–water partition coefficient (Wildman–Crippen LogP) is 6.20. The molecule has 0 bridgehead atoms. The molecule has 2 amide bonds. The number of hydrogen-bond donors (Lipinski definition) is 0. The summed E-state index contributed by atoms with van der Waals surface area (Å²) in [5, 5.41) is 0.368. The Bertz CT molecular complexity index is 904. The highest BCUT2D eigenvalue weighted by Crippen LogP contribution is 2.42. The number of amides is 2. The first-order valence-corrected chi connectivity index (χ1v) is 10.9. The van der Waals surface area contributed by atoms with E-state index in [-0.39, 0.29) is 22.7 Å². The molecule has 4 nitrogen and oxygen atoms in total. The SMILES string of the molecule is CCC(C)N1C(=O)S/C(=C\c2cc3c(cc2Cl)N(CC)C(C)(C)C=C3C)C1=O. The normalized spacial score (nSPS) is 21.2. The molecule has 0 aromatic heterocycles. The number of fused-ring (bicyclic) bond motifs is 1. The first-order chi connectivity index (χ1) is 13.1. The average molecular weight is 419 g/mol. The highest BCUT2D eigenvalue weighted by atomic mass is 35.5. The molecule has 2 aliphatic rings. The Morgan fingerprint density at radius 2 is 1.93 bits per heavy atom. The molecule has 1 saturated heterocycles. The number of nitrogens with zero attached hydrogens (tertiary/aromatic N) is 2. The molecule has 0 saturated carbocycles. The molecule has 1 atom stereocenters. The summed E-state index contributed by atoms with van der Waals surface area (Å²) in [6.07, 6.45) is 4.74. The summed E-state index contributed by atoms with van der Waals surface area (Å²) >= 11 is 7.59. The number of thioether (sulfide) groups is 1. The Kier molecular flexibility index (Phi) is 5.70. The van der Waals surface area contributed by atoms with Gasteiger partial charge in [-0.05, 0) is 82.1 Å². The number of carbonyl (C=O) groups excluding carboxylic acids is 2. The molecular weight excluding hydrogens is 392 g/mol. The fraction of sp³-hybridized carbons (Fsp3) is 0.455. The maximum atomic E-state index is 12.7. The number of hydrogen-bond acceptors (Lipinski definition) is 4. The van der Waals surface area contributed by atoms with Crippen molar-refractivity contribution in [2.45, 2.75) is 59.5 Å². The molecule has 1 aromatic rings. The van der Waals surface area contributed by atoms with E-state index in [9.17, 15) is 9.59 Å². The predicted molar refractivity (Wildman–Crippen MR) is 120 cm³/mol. The van der Waals surface area contributed by atoms with Crippen molar-refractivity contribution in [1.29, 1.82) is 0 Å². The zero-order valence-electron chi connectivity index (χ0n) is 17.3. The molecule has 150 valence electrons. The van der Waals surface area contributed by atoms with Crippen LogP contribution in [0.15, 0.2) is 23.1 Å². The lowest BCUT2D eigenvalue weighted by Crippen LogP contribution is -2.44. The van der Waals surface area contributed by atoms with E-state index in [1.54, 1.807) is 6.08 Å². The first kappa shape index (κ1) is 21.0. The van der Waals surface area contributed by atoms with Crippen molar-refractivity contribution >= 4 is 51.8 Å². The molecule has 0 spiro atoms. The molecular formula is C22H27ClN2O2S. The highest BCUT2D eigenvalue weighted by Gasteiger charge is 2.38. The zero-order chi connectivity index (χ0) is 20.8. The maximum Gasteiger partial charge on any atom is 0.293 e. The van der Waals surface area contributed by atoms with E-state index in [0.29, 0.717) is 9.93 Å². The van der Waals surface area contributed by atoms with Crippen LogP contribution in [-0.2, 0) is 4.79 Å². The minimum atomic E-state index is -0.235. The van der Waals surface area contributed by atoms with Crippen LogP contribution < -0.4 is 4.90 Å². The van der Waals surface area contributed by atoms with Crippen LogP contribution in [0.5, 0.6) is 0 Å². The van der Waals surface area contributed by atoms with Gasteiger partial charge in [0.1, 0.15) is 0 Å². The molecule has 0 N–H and O–H groups in total. The Labute approximate surface area is 176 Å². The summed E-state index contributed by atoms with van der Waals surface area (Å²) in [4.78, 5) is 29.1. The highest BCUT2D eigenvalue weighted by molar-refractivity contribution is 8.18. The van der Waals surface area contributed by atoms with E-state index in [0.717, 1.165) is 41.5 Å². The second-order valence-electron chi connectivity index (χ2n) is 7.93. The van der Waals surface area contributed by atoms with E-state index < -0.39 is 0 Å². The summed E-state index contributed by atoms with van der Waals surface area (Å²) < 4.78 is 0. The van der Waals surface area contributed by atoms with Crippen LogP contribution in [-0.4, -0.2) is 34.2 Å². The van der Waals surface area contributed by atoms with Crippen LogP contribution in [0.4, 0.5) is 10.5 Å². The lowest BCUT2D eigenvalue weighted by atomic mass is 9.88. The van der Waals surface area contributed by atoms with Crippen LogP contribution in [0.25, 0.3) is 11.6 Å². The van der Waals surface area contributed by atoms with E-state index >= 15 is 0 Å². The van der Waals surface area contributed by atoms with Gasteiger partial charge in [0.15, 0.2) is 0 Å². The summed E-state index contributed by atoms with van der Waals surface area (Å²) in [6.45, 7) is 13.3. The topological polar surface area (TPSA) is 40.6 Å². The third kappa shape index (κ3) is 3.50. The van der Waals surface area contributed by atoms with Gasteiger partial charge in [0.05, 0.1) is 10.4 Å². The average Bonchev–Trinajstić information content (AvgIpc) is 2.89. The van der Waals surface area contributed by atoms with Gasteiger partial charge in [-0.25, -0.2) is 0 Å². The Morgan fingerprint density at radius 1 is 1.25 bits per heavy atom. The second kappa shape index (κ2) is 7.60. The van der Waals surface area contributed by atoms with Gasteiger partial charge in [0.25, 0.3) is 11.1 Å². The van der Waals surface area contributed by atoms with Gasteiger partial charge in [-0.3, -0.25) is 14.5 Å². The molecule has 2 aliphatic heterocycles. The summed E-state index contributed by atoms with van der Waals surface area (Å²) in [5.41, 5.74) is 4.07. The van der Waals surface area contributed by atoms with Crippen LogP contribution >= 0.6 is 23.4 Å². The van der Waals surface area contributed by atoms with Crippen LogP contribution in [0.3, 0.4) is 0 Å². The van der Waals surface area contributed by atoms with Crippen LogP contribution in [0, 0.1) is 0 Å². The van der Waals surface area contributed by atoms with Crippen molar-refractivity contribution in [1.82, 2.24) is 4.90 Å². The monoisotopic (exact) mass is 418 g/mol. The van der Waals surface area contributed by atoms with Gasteiger partial charge in [-0.15, -0.1) is 0 Å². The summed E-state index contributed by atoms with van der Waals surface area (Å²) in [7, 11) is 0. The van der Waals surface area contributed by atoms with Gasteiger partial charge in [-0.2, -0.15) is 0 Å². The third-order valence-corrected chi connectivity index (χ3v) is 6.77. The van der Waals surface area contributed by atoms with Crippen molar-refractivity contribution < 1.29 is 9.59 Å². The standard InChI is InChI=1S/C22H27ClN2O2S/c1-7-14(4)25-20(26)19(28-21(25)27)10-15-9-16-13(3)12-22(5,6)24(8-2)18(16)11-17(15)23/h9-12,14H,7-8H2,1-6H3/b19-10-. The molecule has 1 unspecified atom stereocenters. The number of imide groups is 1. The molecule has 3 rings (SSSR count). The molecule has 1 fully saturated rings. The Balaban J connectivity index is 2.05. The van der Waals surface area contributed by atoms with Crippen molar-refractivity contribution in [3.05, 3.63) is 39.3 Å². The van der Waals surface area contributed by atoms with E-state index in [4.69, 9.17) is 11.6 Å². The maximum absolute atomic E-state index is 12.7. The van der Waals surface area contributed by atoms with E-state index in [1.807, 2.05) is 26.0 Å². The van der Waals surface area contributed by atoms with Crippen molar-refractivity contribution in [2.75, 3.05) is 11.4 Å².